The van der Waals surface area contributed by atoms with Gasteiger partial charge in [-0.05, 0) is 30.2 Å². The third kappa shape index (κ3) is 4.51. The molecule has 1 atom stereocenters. The van der Waals surface area contributed by atoms with Gasteiger partial charge in [-0.1, -0.05) is 61.2 Å². The van der Waals surface area contributed by atoms with Gasteiger partial charge in [-0.15, -0.1) is 0 Å². The molecule has 1 N–H and O–H groups in total. The Kier molecular flexibility index (Phi) is 4.96. The Balaban J connectivity index is 1.97. The summed E-state index contributed by atoms with van der Waals surface area (Å²) < 4.78 is 13.2. The minimum atomic E-state index is -1.22. The lowest BCUT2D eigenvalue weighted by molar-refractivity contribution is 0.565. The minimum Gasteiger partial charge on any atom is -0.306 e. The van der Waals surface area contributed by atoms with Crippen molar-refractivity contribution in [1.82, 2.24) is 5.32 Å². The highest BCUT2D eigenvalue weighted by Crippen LogP contribution is 2.14. The van der Waals surface area contributed by atoms with Crippen LogP contribution >= 0.6 is 0 Å². The number of nitrogens with one attached hydrogen (secondary N) is 1. The normalized spacial score (nSPS) is 13.2. The third-order valence-electron chi connectivity index (χ3n) is 3.78. The van der Waals surface area contributed by atoms with Gasteiger partial charge in [0.1, 0.15) is 5.82 Å². The van der Waals surface area contributed by atoms with Gasteiger partial charge in [-0.3, -0.25) is 0 Å². The fourth-order valence-electron chi connectivity index (χ4n) is 2.29. The lowest BCUT2D eigenvalue weighted by Crippen LogP contribution is -2.37. The molecule has 2 rings (SSSR count). The smallest absolute Gasteiger partial charge is 0.123 e. The number of hydrogen-bond donors (Lipinski definition) is 1. The summed E-state index contributed by atoms with van der Waals surface area (Å²) in [4.78, 5) is 0. The topological polar surface area (TPSA) is 12.0 Å². The molecular formula is C18H24FNSi. The van der Waals surface area contributed by atoms with Crippen molar-refractivity contribution in [2.24, 2.45) is 0 Å². The first-order valence-corrected chi connectivity index (χ1v) is 10.9. The summed E-state index contributed by atoms with van der Waals surface area (Å²) in [5, 5.41) is 4.92. The first-order valence-electron chi connectivity index (χ1n) is 7.44. The molecule has 0 saturated heterocycles. The van der Waals surface area contributed by atoms with E-state index in [0.717, 1.165) is 12.1 Å². The molecule has 0 radical (unpaired) electrons. The molecule has 0 aromatic heterocycles. The third-order valence-corrected chi connectivity index (χ3v) is 5.85. The van der Waals surface area contributed by atoms with Crippen LogP contribution in [0.4, 0.5) is 4.39 Å². The van der Waals surface area contributed by atoms with Gasteiger partial charge in [0.15, 0.2) is 0 Å². The van der Waals surface area contributed by atoms with Crippen molar-refractivity contribution in [3.05, 3.63) is 65.5 Å². The van der Waals surface area contributed by atoms with Crippen LogP contribution in [0.25, 0.3) is 0 Å². The molecular weight excluding hydrogens is 277 g/mol. The minimum absolute atomic E-state index is 0.136. The molecule has 3 heteroatoms. The maximum absolute atomic E-state index is 13.2. The lowest BCUT2D eigenvalue weighted by Gasteiger charge is -2.18. The van der Waals surface area contributed by atoms with Crippen LogP contribution in [0.15, 0.2) is 48.5 Å². The molecule has 0 saturated carbocycles. The summed E-state index contributed by atoms with van der Waals surface area (Å²) in [6, 6.07) is 15.8. The zero-order valence-corrected chi connectivity index (χ0v) is 14.3. The van der Waals surface area contributed by atoms with E-state index < -0.39 is 8.07 Å². The maximum Gasteiger partial charge on any atom is 0.123 e. The molecule has 0 heterocycles. The van der Waals surface area contributed by atoms with Gasteiger partial charge in [0.2, 0.25) is 0 Å². The van der Waals surface area contributed by atoms with Crippen molar-refractivity contribution < 1.29 is 4.39 Å². The monoisotopic (exact) mass is 301 g/mol. The van der Waals surface area contributed by atoms with Crippen molar-refractivity contribution in [3.63, 3.8) is 0 Å². The van der Waals surface area contributed by atoms with Crippen molar-refractivity contribution in [2.45, 2.75) is 39.2 Å². The number of benzene rings is 2. The van der Waals surface area contributed by atoms with Gasteiger partial charge in [-0.25, -0.2) is 4.39 Å². The van der Waals surface area contributed by atoms with Crippen LogP contribution in [0.1, 0.15) is 24.1 Å². The van der Waals surface area contributed by atoms with E-state index >= 15 is 0 Å². The second kappa shape index (κ2) is 6.54. The van der Waals surface area contributed by atoms with Gasteiger partial charge in [0, 0.05) is 12.6 Å². The molecule has 0 fully saturated rings. The molecule has 0 aliphatic carbocycles. The number of hydrogen-bond acceptors (Lipinski definition) is 1. The van der Waals surface area contributed by atoms with E-state index in [0.29, 0.717) is 0 Å². The highest BCUT2D eigenvalue weighted by molar-refractivity contribution is 6.88. The van der Waals surface area contributed by atoms with E-state index in [9.17, 15) is 4.39 Å². The Labute approximate surface area is 128 Å². The largest absolute Gasteiger partial charge is 0.306 e. The van der Waals surface area contributed by atoms with Gasteiger partial charge in [0.05, 0.1) is 8.07 Å². The molecule has 2 aromatic rings. The number of rotatable bonds is 5. The Morgan fingerprint density at radius 2 is 1.71 bits per heavy atom. The summed E-state index contributed by atoms with van der Waals surface area (Å²) in [6.45, 7) is 9.92. The van der Waals surface area contributed by atoms with Crippen LogP contribution in [0.5, 0.6) is 0 Å². The molecule has 0 spiro atoms. The molecule has 0 aliphatic heterocycles. The van der Waals surface area contributed by atoms with E-state index in [2.05, 4.69) is 56.1 Å². The van der Waals surface area contributed by atoms with Gasteiger partial charge in [0.25, 0.3) is 0 Å². The summed E-state index contributed by atoms with van der Waals surface area (Å²) in [5.41, 5.74) is 2.24. The summed E-state index contributed by atoms with van der Waals surface area (Å²) >= 11 is 0. The summed E-state index contributed by atoms with van der Waals surface area (Å²) in [6.07, 6.45) is 0. The first kappa shape index (κ1) is 15.9. The first-order chi connectivity index (χ1) is 9.86. The summed E-state index contributed by atoms with van der Waals surface area (Å²) in [5.74, 6) is -0.180. The Hall–Kier alpha value is -1.45. The van der Waals surface area contributed by atoms with Crippen molar-refractivity contribution in [3.8, 4) is 0 Å². The average molecular weight is 301 g/mol. The van der Waals surface area contributed by atoms with E-state index in [1.165, 1.54) is 16.8 Å². The number of halogens is 1. The zero-order chi connectivity index (χ0) is 15.5. The molecule has 0 unspecified atom stereocenters. The Bertz CT molecular complexity index is 587. The van der Waals surface area contributed by atoms with E-state index in [1.807, 2.05) is 6.07 Å². The van der Waals surface area contributed by atoms with Crippen LogP contribution in [0.3, 0.4) is 0 Å². The highest BCUT2D eigenvalue weighted by atomic mass is 28.3. The van der Waals surface area contributed by atoms with Gasteiger partial charge >= 0.3 is 0 Å². The standard InChI is InChI=1S/C18H24FNSi/c1-14(16-6-5-7-17(19)12-16)20-13-15-8-10-18(11-9-15)21(2,3)4/h5-12,14,20H,13H2,1-4H3/t14-/m0/s1. The van der Waals surface area contributed by atoms with Crippen LogP contribution in [0, 0.1) is 5.82 Å². The van der Waals surface area contributed by atoms with Crippen LogP contribution in [-0.4, -0.2) is 8.07 Å². The van der Waals surface area contributed by atoms with Crippen molar-refractivity contribution in [1.29, 1.82) is 0 Å². The molecule has 2 aromatic carbocycles. The summed E-state index contributed by atoms with van der Waals surface area (Å²) in [7, 11) is -1.22. The van der Waals surface area contributed by atoms with Crippen LogP contribution in [-0.2, 0) is 6.54 Å². The van der Waals surface area contributed by atoms with E-state index in [1.54, 1.807) is 12.1 Å². The van der Waals surface area contributed by atoms with Gasteiger partial charge < -0.3 is 5.32 Å². The predicted molar refractivity (Wildman–Crippen MR) is 91.1 cm³/mol. The molecule has 1 nitrogen and oxygen atoms in total. The molecule has 0 bridgehead atoms. The SMILES string of the molecule is C[C@H](NCc1ccc([Si](C)(C)C)cc1)c1cccc(F)c1. The Morgan fingerprint density at radius 1 is 1.05 bits per heavy atom. The van der Waals surface area contributed by atoms with E-state index in [-0.39, 0.29) is 11.9 Å². The lowest BCUT2D eigenvalue weighted by atomic mass is 10.1. The molecule has 21 heavy (non-hydrogen) atoms. The van der Waals surface area contributed by atoms with Crippen LogP contribution < -0.4 is 10.5 Å². The maximum atomic E-state index is 13.2. The fourth-order valence-corrected chi connectivity index (χ4v) is 3.45. The van der Waals surface area contributed by atoms with Crippen LogP contribution in [0.2, 0.25) is 19.6 Å². The molecule has 0 amide bonds. The van der Waals surface area contributed by atoms with Gasteiger partial charge in [-0.2, -0.15) is 0 Å². The van der Waals surface area contributed by atoms with E-state index in [4.69, 9.17) is 0 Å². The fraction of sp³-hybridized carbons (Fsp3) is 0.333. The highest BCUT2D eigenvalue weighted by Gasteiger charge is 2.15. The second-order valence-electron chi connectivity index (χ2n) is 6.60. The zero-order valence-electron chi connectivity index (χ0n) is 13.3. The molecule has 112 valence electrons. The van der Waals surface area contributed by atoms with Crippen molar-refractivity contribution in [2.75, 3.05) is 0 Å². The molecule has 0 aliphatic rings. The predicted octanol–water partition coefficient (Wildman–Crippen LogP) is 4.22. The van der Waals surface area contributed by atoms with Crippen molar-refractivity contribution >= 4 is 13.3 Å². The quantitative estimate of drug-likeness (QED) is 0.815. The average Bonchev–Trinajstić information content (AvgIpc) is 2.44. The Morgan fingerprint density at radius 3 is 2.29 bits per heavy atom. The second-order valence-corrected chi connectivity index (χ2v) is 11.7.